The van der Waals surface area contributed by atoms with E-state index in [2.05, 4.69) is 53.2 Å². The van der Waals surface area contributed by atoms with Crippen LogP contribution in [0.2, 0.25) is 0 Å². The van der Waals surface area contributed by atoms with E-state index >= 15 is 0 Å². The fraction of sp³-hybridized carbons (Fsp3) is 0.364. The van der Waals surface area contributed by atoms with E-state index in [1.165, 1.54) is 27.7 Å². The van der Waals surface area contributed by atoms with Gasteiger partial charge in [0, 0.05) is 29.2 Å². The van der Waals surface area contributed by atoms with Crippen molar-refractivity contribution in [3.8, 4) is 11.5 Å². The first-order valence-corrected chi connectivity index (χ1v) is 9.31. The molecule has 1 atom stereocenters. The lowest BCUT2D eigenvalue weighted by molar-refractivity contribution is 0.210. The lowest BCUT2D eigenvalue weighted by Gasteiger charge is -2.36. The van der Waals surface area contributed by atoms with Gasteiger partial charge in [0.1, 0.15) is 11.5 Å². The average molecular weight is 350 g/mol. The molecule has 136 valence electrons. The number of methoxy groups -OCH3 is 2. The van der Waals surface area contributed by atoms with Crippen LogP contribution in [-0.2, 0) is 6.42 Å². The normalized spacial score (nSPS) is 17.3. The zero-order valence-electron chi connectivity index (χ0n) is 15.7. The molecule has 0 spiro atoms. The van der Waals surface area contributed by atoms with E-state index < -0.39 is 0 Å². The van der Waals surface area contributed by atoms with Crippen LogP contribution in [0.4, 0.5) is 0 Å². The molecule has 26 heavy (non-hydrogen) atoms. The first-order valence-electron chi connectivity index (χ1n) is 9.31. The number of nitrogens with one attached hydrogen (secondary N) is 1. The van der Waals surface area contributed by atoms with E-state index in [1.807, 2.05) is 6.07 Å². The highest BCUT2D eigenvalue weighted by molar-refractivity contribution is 5.85. The van der Waals surface area contributed by atoms with Gasteiger partial charge >= 0.3 is 0 Å². The Morgan fingerprint density at radius 2 is 1.81 bits per heavy atom. The molecule has 1 N–H and O–H groups in total. The fourth-order valence-corrected chi connectivity index (χ4v) is 4.18. The van der Waals surface area contributed by atoms with Gasteiger partial charge in [0.15, 0.2) is 0 Å². The average Bonchev–Trinajstić information content (AvgIpc) is 3.06. The standard InChI is InChI=1S/C22H26N2O2/c1-4-10-24-11-9-19-18-7-5-6-8-20(18)23-21(19)22(24)15-12-16(25-2)14-17(13-15)26-3/h5-8,12-14,22-23H,4,9-11H2,1-3H3. The van der Waals surface area contributed by atoms with Crippen molar-refractivity contribution in [1.29, 1.82) is 0 Å². The number of hydrogen-bond acceptors (Lipinski definition) is 3. The third-order valence-corrected chi connectivity index (χ3v) is 5.33. The summed E-state index contributed by atoms with van der Waals surface area (Å²) in [6.45, 7) is 4.37. The summed E-state index contributed by atoms with van der Waals surface area (Å²) in [6, 6.07) is 15.0. The molecule has 4 rings (SSSR count). The second-order valence-electron chi connectivity index (χ2n) is 6.90. The predicted octanol–water partition coefficient (Wildman–Crippen LogP) is 4.54. The van der Waals surface area contributed by atoms with E-state index in [4.69, 9.17) is 9.47 Å². The molecule has 0 aliphatic carbocycles. The number of ether oxygens (including phenoxy) is 2. The van der Waals surface area contributed by atoms with Crippen molar-refractivity contribution in [3.05, 3.63) is 59.3 Å². The summed E-state index contributed by atoms with van der Waals surface area (Å²) >= 11 is 0. The van der Waals surface area contributed by atoms with Crippen LogP contribution in [0, 0.1) is 0 Å². The van der Waals surface area contributed by atoms with Crippen LogP contribution in [0.15, 0.2) is 42.5 Å². The predicted molar refractivity (Wildman–Crippen MR) is 105 cm³/mol. The largest absolute Gasteiger partial charge is 0.497 e. The van der Waals surface area contributed by atoms with Gasteiger partial charge in [0.05, 0.1) is 20.3 Å². The number of para-hydroxylation sites is 1. The van der Waals surface area contributed by atoms with Crippen LogP contribution < -0.4 is 9.47 Å². The molecule has 1 aromatic heterocycles. The molecule has 1 aliphatic heterocycles. The summed E-state index contributed by atoms with van der Waals surface area (Å²) in [5, 5.41) is 1.35. The van der Waals surface area contributed by atoms with Crippen LogP contribution >= 0.6 is 0 Å². The molecule has 0 fully saturated rings. The second kappa shape index (κ2) is 7.04. The van der Waals surface area contributed by atoms with Gasteiger partial charge in [-0.05, 0) is 48.7 Å². The summed E-state index contributed by atoms with van der Waals surface area (Å²) in [5.41, 5.74) is 5.18. The first-order chi connectivity index (χ1) is 12.7. The molecule has 4 heteroatoms. The van der Waals surface area contributed by atoms with Crippen molar-refractivity contribution in [1.82, 2.24) is 9.88 Å². The number of nitrogens with zero attached hydrogens (tertiary/aromatic N) is 1. The molecule has 1 aliphatic rings. The Morgan fingerprint density at radius 3 is 2.50 bits per heavy atom. The van der Waals surface area contributed by atoms with E-state index in [1.54, 1.807) is 14.2 Å². The molecule has 0 amide bonds. The number of H-pyrrole nitrogens is 1. The molecule has 1 unspecified atom stereocenters. The molecule has 0 radical (unpaired) electrons. The molecule has 4 nitrogen and oxygen atoms in total. The topological polar surface area (TPSA) is 37.5 Å². The molecule has 0 saturated heterocycles. The van der Waals surface area contributed by atoms with E-state index in [0.29, 0.717) is 0 Å². The van der Waals surface area contributed by atoms with Gasteiger partial charge < -0.3 is 14.5 Å². The van der Waals surface area contributed by atoms with Gasteiger partial charge in [0.25, 0.3) is 0 Å². The van der Waals surface area contributed by atoms with Crippen LogP contribution in [0.3, 0.4) is 0 Å². The smallest absolute Gasteiger partial charge is 0.122 e. The van der Waals surface area contributed by atoms with Gasteiger partial charge in [-0.3, -0.25) is 4.90 Å². The van der Waals surface area contributed by atoms with Gasteiger partial charge in [0.2, 0.25) is 0 Å². The van der Waals surface area contributed by atoms with Crippen molar-refractivity contribution in [2.45, 2.75) is 25.8 Å². The quantitative estimate of drug-likeness (QED) is 0.734. The summed E-state index contributed by atoms with van der Waals surface area (Å²) in [6.07, 6.45) is 2.21. The zero-order valence-corrected chi connectivity index (χ0v) is 15.7. The second-order valence-corrected chi connectivity index (χ2v) is 6.90. The number of rotatable bonds is 5. The van der Waals surface area contributed by atoms with Crippen molar-refractivity contribution < 1.29 is 9.47 Å². The summed E-state index contributed by atoms with van der Waals surface area (Å²) in [7, 11) is 3.41. The number of benzene rings is 2. The maximum absolute atomic E-state index is 5.52. The van der Waals surface area contributed by atoms with Crippen molar-refractivity contribution in [3.63, 3.8) is 0 Å². The first kappa shape index (κ1) is 17.0. The van der Waals surface area contributed by atoms with E-state index in [0.717, 1.165) is 37.4 Å². The van der Waals surface area contributed by atoms with Crippen molar-refractivity contribution in [2.24, 2.45) is 0 Å². The molecule has 2 heterocycles. The Hall–Kier alpha value is -2.46. The maximum atomic E-state index is 5.52. The summed E-state index contributed by atoms with van der Waals surface area (Å²) in [5.74, 6) is 1.66. The van der Waals surface area contributed by atoms with Crippen LogP contribution in [0.25, 0.3) is 10.9 Å². The fourth-order valence-electron chi connectivity index (χ4n) is 4.18. The Balaban J connectivity index is 1.89. The highest BCUT2D eigenvalue weighted by Gasteiger charge is 2.31. The van der Waals surface area contributed by atoms with Gasteiger partial charge in [-0.2, -0.15) is 0 Å². The Morgan fingerprint density at radius 1 is 1.08 bits per heavy atom. The minimum absolute atomic E-state index is 0.190. The highest BCUT2D eigenvalue weighted by atomic mass is 16.5. The number of hydrogen-bond donors (Lipinski definition) is 1. The summed E-state index contributed by atoms with van der Waals surface area (Å²) in [4.78, 5) is 6.27. The van der Waals surface area contributed by atoms with Crippen LogP contribution in [0.5, 0.6) is 11.5 Å². The molecule has 0 saturated carbocycles. The molecular formula is C22H26N2O2. The van der Waals surface area contributed by atoms with Crippen molar-refractivity contribution in [2.75, 3.05) is 27.3 Å². The Bertz CT molecular complexity index is 893. The van der Waals surface area contributed by atoms with Crippen molar-refractivity contribution >= 4 is 10.9 Å². The Labute approximate surface area is 154 Å². The Kier molecular flexibility index (Phi) is 4.60. The van der Waals surface area contributed by atoms with Gasteiger partial charge in [-0.15, -0.1) is 0 Å². The monoisotopic (exact) mass is 350 g/mol. The lowest BCUT2D eigenvalue weighted by Crippen LogP contribution is -2.36. The molecule has 0 bridgehead atoms. The molecular weight excluding hydrogens is 324 g/mol. The minimum Gasteiger partial charge on any atom is -0.497 e. The number of aromatic nitrogens is 1. The third kappa shape index (κ3) is 2.84. The summed E-state index contributed by atoms with van der Waals surface area (Å²) < 4.78 is 11.0. The SMILES string of the molecule is CCCN1CCc2c([nH]c3ccccc23)C1c1cc(OC)cc(OC)c1. The molecule has 3 aromatic rings. The third-order valence-electron chi connectivity index (χ3n) is 5.33. The maximum Gasteiger partial charge on any atom is 0.122 e. The molecule has 2 aromatic carbocycles. The number of fused-ring (bicyclic) bond motifs is 3. The lowest BCUT2D eigenvalue weighted by atomic mass is 9.92. The zero-order chi connectivity index (χ0) is 18.1. The number of aromatic amines is 1. The van der Waals surface area contributed by atoms with Crippen LogP contribution in [-0.4, -0.2) is 37.2 Å². The van der Waals surface area contributed by atoms with Crippen LogP contribution in [0.1, 0.15) is 36.2 Å². The minimum atomic E-state index is 0.190. The van der Waals surface area contributed by atoms with Gasteiger partial charge in [-0.25, -0.2) is 0 Å². The van der Waals surface area contributed by atoms with E-state index in [9.17, 15) is 0 Å². The van der Waals surface area contributed by atoms with Gasteiger partial charge in [-0.1, -0.05) is 25.1 Å². The van der Waals surface area contributed by atoms with E-state index in [-0.39, 0.29) is 6.04 Å². The highest BCUT2D eigenvalue weighted by Crippen LogP contribution is 2.40.